The van der Waals surface area contributed by atoms with E-state index in [2.05, 4.69) is 12.2 Å². The quantitative estimate of drug-likeness (QED) is 0.266. The second-order valence-corrected chi connectivity index (χ2v) is 10.5. The molecule has 0 bridgehead atoms. The van der Waals surface area contributed by atoms with Crippen molar-refractivity contribution < 1.29 is 14.3 Å². The van der Waals surface area contributed by atoms with Gasteiger partial charge in [0.05, 0.1) is 9.90 Å². The summed E-state index contributed by atoms with van der Waals surface area (Å²) < 4.78 is 14.8. The molecule has 9 heteroatoms. The Labute approximate surface area is 197 Å². The molecule has 0 saturated heterocycles. The molecule has 4 rings (SSSR count). The lowest BCUT2D eigenvalue weighted by atomic mass is 9.97. The monoisotopic (exact) mass is 487 g/mol. The van der Waals surface area contributed by atoms with Crippen molar-refractivity contribution in [3.63, 3.8) is 0 Å². The number of anilines is 1. The topological polar surface area (TPSA) is 86.1 Å². The van der Waals surface area contributed by atoms with Crippen molar-refractivity contribution in [3.05, 3.63) is 69.6 Å². The van der Waals surface area contributed by atoms with Crippen LogP contribution in [0.2, 0.25) is 5.02 Å². The maximum atomic E-state index is 13.8. The van der Waals surface area contributed by atoms with Crippen LogP contribution in [0.4, 0.5) is 9.52 Å². The number of thioether (sulfide) groups is 1. The summed E-state index contributed by atoms with van der Waals surface area (Å²) in [6.45, 7) is 5.55. The minimum absolute atomic E-state index is 0.000601. The van der Waals surface area contributed by atoms with Gasteiger partial charge >= 0.3 is 5.97 Å². The number of aliphatic carboxylic acids is 1. The van der Waals surface area contributed by atoms with Crippen molar-refractivity contribution in [2.75, 3.05) is 5.32 Å². The normalized spacial score (nSPS) is 15.5. The van der Waals surface area contributed by atoms with E-state index in [1.165, 1.54) is 36.5 Å². The van der Waals surface area contributed by atoms with E-state index in [1.54, 1.807) is 17.8 Å². The molecule has 5 nitrogen and oxygen atoms in total. The van der Waals surface area contributed by atoms with E-state index >= 15 is 0 Å². The molecular weight excluding hydrogens is 469 g/mol. The van der Waals surface area contributed by atoms with Gasteiger partial charge in [0.25, 0.3) is 0 Å². The summed E-state index contributed by atoms with van der Waals surface area (Å²) in [5, 5.41) is 22.2. The number of nitrogens with zero attached hydrogens (tertiary/aromatic N) is 1. The molecule has 164 valence electrons. The Hall–Kier alpha value is -2.68. The largest absolute Gasteiger partial charge is 0.477 e. The number of thiazole rings is 1. The third kappa shape index (κ3) is 4.18. The minimum atomic E-state index is -1.26. The van der Waals surface area contributed by atoms with Crippen molar-refractivity contribution in [2.45, 2.75) is 30.2 Å². The van der Waals surface area contributed by atoms with Gasteiger partial charge in [0.2, 0.25) is 0 Å². The molecule has 1 unspecified atom stereocenters. The molecule has 3 N–H and O–H groups in total. The number of carboxylic acid groups (broad SMARTS) is 1. The Bertz CT molecular complexity index is 1300. The van der Waals surface area contributed by atoms with E-state index in [9.17, 15) is 14.3 Å². The number of aryl methyl sites for hydroxylation is 1. The number of rotatable bonds is 5. The number of halogens is 2. The van der Waals surface area contributed by atoms with Crippen LogP contribution in [-0.4, -0.2) is 21.8 Å². The van der Waals surface area contributed by atoms with Gasteiger partial charge in [0, 0.05) is 27.1 Å². The molecule has 1 aliphatic heterocycles. The number of nitrogens with one attached hydrogen (secondary N) is 2. The Morgan fingerprint density at radius 1 is 1.31 bits per heavy atom. The number of carboxylic acids is 1. The van der Waals surface area contributed by atoms with Gasteiger partial charge in [0.1, 0.15) is 11.5 Å². The lowest BCUT2D eigenvalue weighted by Gasteiger charge is -2.22. The second-order valence-electron chi connectivity index (χ2n) is 7.42. The van der Waals surface area contributed by atoms with Crippen molar-refractivity contribution >= 4 is 57.1 Å². The van der Waals surface area contributed by atoms with E-state index in [1.807, 2.05) is 19.1 Å². The van der Waals surface area contributed by atoms with Crippen LogP contribution in [-0.2, 0) is 4.79 Å². The fraction of sp³-hybridized carbons (Fsp3) is 0.174. The maximum absolute atomic E-state index is 13.8. The molecule has 1 atom stereocenters. The number of benzene rings is 2. The molecule has 1 aromatic heterocycles. The van der Waals surface area contributed by atoms with Gasteiger partial charge in [0.15, 0.2) is 5.13 Å². The number of fused-ring (bicyclic) bond motifs is 3. The first-order valence-corrected chi connectivity index (χ1v) is 11.8. The first-order chi connectivity index (χ1) is 15.2. The Morgan fingerprint density at radius 3 is 2.72 bits per heavy atom. The van der Waals surface area contributed by atoms with Crippen LogP contribution in [0.3, 0.4) is 0 Å². The molecule has 2 heterocycles. The molecule has 0 spiro atoms. The van der Waals surface area contributed by atoms with Crippen LogP contribution < -0.4 is 5.32 Å². The van der Waals surface area contributed by atoms with E-state index in [-0.39, 0.29) is 22.2 Å². The third-order valence-electron chi connectivity index (χ3n) is 5.07. The molecular formula is C23H19ClFN3O2S2. The number of carbonyl (C=O) groups is 1. The van der Waals surface area contributed by atoms with Crippen LogP contribution in [0.5, 0.6) is 0 Å². The zero-order valence-corrected chi connectivity index (χ0v) is 19.8. The van der Waals surface area contributed by atoms with Gasteiger partial charge in [-0.3, -0.25) is 0 Å². The van der Waals surface area contributed by atoms with Crippen LogP contribution in [0.1, 0.15) is 35.8 Å². The highest BCUT2D eigenvalue weighted by molar-refractivity contribution is 8.01. The average Bonchev–Trinajstić information content (AvgIpc) is 3.09. The predicted octanol–water partition coefficient (Wildman–Crippen LogP) is 7.03. The summed E-state index contributed by atoms with van der Waals surface area (Å²) in [4.78, 5) is 16.8. The molecule has 0 saturated carbocycles. The predicted molar refractivity (Wildman–Crippen MR) is 130 cm³/mol. The fourth-order valence-electron chi connectivity index (χ4n) is 3.76. The van der Waals surface area contributed by atoms with E-state index < -0.39 is 11.8 Å². The molecule has 0 radical (unpaired) electrons. The molecule has 32 heavy (non-hydrogen) atoms. The average molecular weight is 488 g/mol. The van der Waals surface area contributed by atoms with E-state index in [4.69, 9.17) is 22.0 Å². The molecule has 0 aliphatic carbocycles. The fourth-order valence-corrected chi connectivity index (χ4v) is 6.50. The number of hydrogen-bond acceptors (Lipinski definition) is 6. The zero-order chi connectivity index (χ0) is 23.2. The lowest BCUT2D eigenvalue weighted by molar-refractivity contribution is -0.132. The highest BCUT2D eigenvalue weighted by Gasteiger charge is 2.29. The Kier molecular flexibility index (Phi) is 6.11. The van der Waals surface area contributed by atoms with Crippen LogP contribution >= 0.6 is 34.7 Å². The highest BCUT2D eigenvalue weighted by atomic mass is 35.5. The first kappa shape index (κ1) is 22.5. The van der Waals surface area contributed by atoms with Gasteiger partial charge in [-0.05, 0) is 61.7 Å². The van der Waals surface area contributed by atoms with Gasteiger partial charge in [-0.15, -0.1) is 11.8 Å². The minimum Gasteiger partial charge on any atom is -0.477 e. The summed E-state index contributed by atoms with van der Waals surface area (Å²) >= 11 is 9.26. The second kappa shape index (κ2) is 8.69. The molecule has 3 aromatic rings. The van der Waals surface area contributed by atoms with Gasteiger partial charge in [-0.1, -0.05) is 35.1 Å². The van der Waals surface area contributed by atoms with Gasteiger partial charge < -0.3 is 15.8 Å². The summed E-state index contributed by atoms with van der Waals surface area (Å²) in [6, 6.07) is 9.38. The Balaban J connectivity index is 1.83. The van der Waals surface area contributed by atoms with Crippen molar-refractivity contribution in [3.8, 4) is 11.3 Å². The SMILES string of the molecule is CC(=N)/C(=C(\Nc1nc2c(s1)SC(C)c1cc(Cl)cc(C)c1-2)C(=O)O)c1cccc(F)c1. The maximum Gasteiger partial charge on any atom is 0.353 e. The number of aromatic nitrogens is 1. The standard InChI is InChI=1S/C23H19ClFN3O2S2/c1-10-7-14(24)9-16-12(3)31-22-20(17(10)16)28-23(32-22)27-19(21(29)30)18(11(2)26)13-5-4-6-15(25)8-13/h4-9,12,26H,1-3H3,(H,27,28)(H,29,30)/b19-18+,26-11?. The van der Waals surface area contributed by atoms with Gasteiger partial charge in [-0.25, -0.2) is 14.2 Å². The lowest BCUT2D eigenvalue weighted by Crippen LogP contribution is -2.16. The summed E-state index contributed by atoms with van der Waals surface area (Å²) in [5.41, 5.74) is 4.08. The smallest absolute Gasteiger partial charge is 0.353 e. The summed E-state index contributed by atoms with van der Waals surface area (Å²) in [6.07, 6.45) is 0. The van der Waals surface area contributed by atoms with Crippen LogP contribution in [0.25, 0.3) is 16.8 Å². The van der Waals surface area contributed by atoms with E-state index in [0.717, 1.165) is 26.6 Å². The summed E-state index contributed by atoms with van der Waals surface area (Å²) in [7, 11) is 0. The highest BCUT2D eigenvalue weighted by Crippen LogP contribution is 2.53. The van der Waals surface area contributed by atoms with Crippen molar-refractivity contribution in [2.24, 2.45) is 0 Å². The van der Waals surface area contributed by atoms with Crippen LogP contribution in [0.15, 0.2) is 46.3 Å². The number of allylic oxidation sites excluding steroid dienone is 1. The number of hydrogen-bond donors (Lipinski definition) is 3. The Morgan fingerprint density at radius 2 is 2.06 bits per heavy atom. The molecule has 2 aromatic carbocycles. The zero-order valence-electron chi connectivity index (χ0n) is 17.4. The van der Waals surface area contributed by atoms with Crippen LogP contribution in [0, 0.1) is 18.2 Å². The van der Waals surface area contributed by atoms with Crippen molar-refractivity contribution in [1.82, 2.24) is 4.98 Å². The molecule has 0 fully saturated rings. The first-order valence-electron chi connectivity index (χ1n) is 9.69. The third-order valence-corrected chi connectivity index (χ3v) is 7.61. The summed E-state index contributed by atoms with van der Waals surface area (Å²) in [5.74, 6) is -1.76. The van der Waals surface area contributed by atoms with E-state index in [0.29, 0.717) is 15.7 Å². The van der Waals surface area contributed by atoms with Gasteiger partial charge in [-0.2, -0.15) is 0 Å². The molecule has 1 aliphatic rings. The van der Waals surface area contributed by atoms with Crippen molar-refractivity contribution in [1.29, 1.82) is 5.41 Å². The molecule has 0 amide bonds.